The van der Waals surface area contributed by atoms with Crippen molar-refractivity contribution in [3.8, 4) is 0 Å². The van der Waals surface area contributed by atoms with Crippen LogP contribution in [0.1, 0.15) is 39.2 Å². The highest BCUT2D eigenvalue weighted by molar-refractivity contribution is 9.10. The van der Waals surface area contributed by atoms with Crippen LogP contribution in [-0.2, 0) is 10.9 Å². The Morgan fingerprint density at radius 3 is 2.64 bits per heavy atom. The molecule has 1 fully saturated rings. The van der Waals surface area contributed by atoms with Gasteiger partial charge in [0, 0.05) is 25.3 Å². The molecule has 1 aliphatic heterocycles. The predicted octanol–water partition coefficient (Wildman–Crippen LogP) is 4.36. The Bertz CT molecular complexity index is 632. The summed E-state index contributed by atoms with van der Waals surface area (Å²) < 4.78 is 43.8. The number of hydrogen-bond acceptors (Lipinski definition) is 4. The lowest BCUT2D eigenvalue weighted by Crippen LogP contribution is -2.49. The zero-order valence-corrected chi connectivity index (χ0v) is 15.9. The average Bonchev–Trinajstić information content (AvgIpc) is 2.44. The Morgan fingerprint density at radius 1 is 1.40 bits per heavy atom. The molecule has 1 amide bonds. The first-order valence-electron chi connectivity index (χ1n) is 7.93. The fourth-order valence-corrected chi connectivity index (χ4v) is 3.18. The summed E-state index contributed by atoms with van der Waals surface area (Å²) in [4.78, 5) is 17.7. The maximum Gasteiger partial charge on any atom is 0.417 e. The van der Waals surface area contributed by atoms with Crippen LogP contribution in [0.15, 0.2) is 16.7 Å². The third-order valence-corrected chi connectivity index (χ3v) is 4.17. The highest BCUT2D eigenvalue weighted by Gasteiger charge is 2.32. The first kappa shape index (κ1) is 19.8. The van der Waals surface area contributed by atoms with Crippen molar-refractivity contribution in [2.24, 2.45) is 0 Å². The molecular weight excluding hydrogens is 403 g/mol. The molecule has 5 nitrogen and oxygen atoms in total. The van der Waals surface area contributed by atoms with E-state index in [-0.39, 0.29) is 10.5 Å². The molecule has 1 N–H and O–H groups in total. The van der Waals surface area contributed by atoms with Gasteiger partial charge in [-0.05, 0) is 55.6 Å². The van der Waals surface area contributed by atoms with Crippen molar-refractivity contribution in [2.45, 2.75) is 51.4 Å². The number of halogens is 4. The summed E-state index contributed by atoms with van der Waals surface area (Å²) >= 11 is 3.17. The molecule has 140 valence electrons. The number of rotatable bonds is 2. The zero-order valence-electron chi connectivity index (χ0n) is 14.3. The highest BCUT2D eigenvalue weighted by Crippen LogP contribution is 2.34. The number of nitrogens with one attached hydrogen (secondary N) is 1. The average molecular weight is 424 g/mol. The van der Waals surface area contributed by atoms with E-state index in [1.165, 1.54) is 0 Å². The highest BCUT2D eigenvalue weighted by atomic mass is 79.9. The smallest absolute Gasteiger partial charge is 0.417 e. The van der Waals surface area contributed by atoms with Crippen molar-refractivity contribution in [1.82, 2.24) is 10.3 Å². The number of piperidine rings is 1. The van der Waals surface area contributed by atoms with Gasteiger partial charge in [-0.2, -0.15) is 13.2 Å². The lowest BCUT2D eigenvalue weighted by Gasteiger charge is -2.34. The molecule has 0 saturated carbocycles. The van der Waals surface area contributed by atoms with Crippen molar-refractivity contribution >= 4 is 27.8 Å². The maximum atomic E-state index is 12.7. The summed E-state index contributed by atoms with van der Waals surface area (Å²) in [5.41, 5.74) is -1.39. The molecule has 1 aromatic heterocycles. The predicted molar refractivity (Wildman–Crippen MR) is 91.5 cm³/mol. The van der Waals surface area contributed by atoms with Crippen molar-refractivity contribution in [3.63, 3.8) is 0 Å². The fraction of sp³-hybridized carbons (Fsp3) is 0.625. The SMILES string of the molecule is CC(C)(C)OC(=O)N[C@@H]1CCCN(c2ncc(C(F)(F)F)cc2Br)C1. The summed E-state index contributed by atoms with van der Waals surface area (Å²) in [6.07, 6.45) is -2.55. The van der Waals surface area contributed by atoms with E-state index in [0.717, 1.165) is 25.1 Å². The fourth-order valence-electron chi connectivity index (χ4n) is 2.58. The minimum absolute atomic E-state index is 0.153. The van der Waals surface area contributed by atoms with E-state index >= 15 is 0 Å². The van der Waals surface area contributed by atoms with Crippen LogP contribution in [0.5, 0.6) is 0 Å². The number of hydrogen-bond donors (Lipinski definition) is 1. The second-order valence-electron chi connectivity index (χ2n) is 6.96. The molecule has 0 spiro atoms. The molecule has 25 heavy (non-hydrogen) atoms. The molecule has 1 atom stereocenters. The van der Waals surface area contributed by atoms with Gasteiger partial charge < -0.3 is 15.0 Å². The molecule has 0 aromatic carbocycles. The van der Waals surface area contributed by atoms with Gasteiger partial charge in [-0.1, -0.05) is 0 Å². The third-order valence-electron chi connectivity index (χ3n) is 3.59. The Morgan fingerprint density at radius 2 is 2.08 bits per heavy atom. The number of ether oxygens (including phenoxy) is 1. The zero-order chi connectivity index (χ0) is 18.8. The van der Waals surface area contributed by atoms with Crippen LogP contribution in [0.2, 0.25) is 0 Å². The molecule has 1 saturated heterocycles. The number of carbonyl (C=O) groups excluding carboxylic acids is 1. The van der Waals surface area contributed by atoms with E-state index in [4.69, 9.17) is 4.74 Å². The molecular formula is C16H21BrF3N3O2. The van der Waals surface area contributed by atoms with Crippen molar-refractivity contribution in [1.29, 1.82) is 0 Å². The second-order valence-corrected chi connectivity index (χ2v) is 7.81. The number of aromatic nitrogens is 1. The van der Waals surface area contributed by atoms with Gasteiger partial charge in [0.15, 0.2) is 0 Å². The largest absolute Gasteiger partial charge is 0.444 e. The van der Waals surface area contributed by atoms with Crippen LogP contribution in [0.4, 0.5) is 23.8 Å². The maximum absolute atomic E-state index is 12.7. The summed E-state index contributed by atoms with van der Waals surface area (Å²) in [6, 6.07) is 0.868. The summed E-state index contributed by atoms with van der Waals surface area (Å²) in [7, 11) is 0. The summed E-state index contributed by atoms with van der Waals surface area (Å²) in [5.74, 6) is 0.434. The second kappa shape index (κ2) is 7.39. The van der Waals surface area contributed by atoms with Crippen molar-refractivity contribution in [2.75, 3.05) is 18.0 Å². The van der Waals surface area contributed by atoms with E-state index in [9.17, 15) is 18.0 Å². The lowest BCUT2D eigenvalue weighted by molar-refractivity contribution is -0.137. The van der Waals surface area contributed by atoms with Crippen LogP contribution in [0, 0.1) is 0 Å². The van der Waals surface area contributed by atoms with Gasteiger partial charge in [0.2, 0.25) is 0 Å². The van der Waals surface area contributed by atoms with E-state index in [2.05, 4.69) is 26.2 Å². The molecule has 1 aromatic rings. The van der Waals surface area contributed by atoms with Crippen LogP contribution < -0.4 is 10.2 Å². The minimum Gasteiger partial charge on any atom is -0.444 e. The van der Waals surface area contributed by atoms with Gasteiger partial charge in [0.25, 0.3) is 0 Å². The van der Waals surface area contributed by atoms with Gasteiger partial charge in [0.1, 0.15) is 11.4 Å². The molecule has 2 heterocycles. The minimum atomic E-state index is -4.43. The quantitative estimate of drug-likeness (QED) is 0.767. The van der Waals surface area contributed by atoms with E-state index in [1.54, 1.807) is 20.8 Å². The number of amides is 1. The topological polar surface area (TPSA) is 54.5 Å². The number of alkyl halides is 3. The van der Waals surface area contributed by atoms with Gasteiger partial charge in [0.05, 0.1) is 10.0 Å². The lowest BCUT2D eigenvalue weighted by atomic mass is 10.1. The van der Waals surface area contributed by atoms with Crippen LogP contribution in [-0.4, -0.2) is 35.8 Å². The van der Waals surface area contributed by atoms with Gasteiger partial charge >= 0.3 is 12.3 Å². The molecule has 9 heteroatoms. The number of carbonyl (C=O) groups is 1. The van der Waals surface area contributed by atoms with Crippen LogP contribution in [0.3, 0.4) is 0 Å². The normalized spacial score (nSPS) is 18.8. The van der Waals surface area contributed by atoms with Gasteiger partial charge in [-0.3, -0.25) is 0 Å². The van der Waals surface area contributed by atoms with Gasteiger partial charge in [-0.25, -0.2) is 9.78 Å². The van der Waals surface area contributed by atoms with E-state index < -0.39 is 23.4 Å². The molecule has 2 rings (SSSR count). The van der Waals surface area contributed by atoms with E-state index in [0.29, 0.717) is 18.9 Å². The van der Waals surface area contributed by atoms with E-state index in [1.807, 2.05) is 4.90 Å². The van der Waals surface area contributed by atoms with Crippen LogP contribution in [0.25, 0.3) is 0 Å². The Kier molecular flexibility index (Phi) is 5.86. The first-order valence-corrected chi connectivity index (χ1v) is 8.72. The Hall–Kier alpha value is -1.51. The Labute approximate surface area is 153 Å². The first-order chi connectivity index (χ1) is 11.5. The summed E-state index contributed by atoms with van der Waals surface area (Å²) in [6.45, 7) is 6.45. The number of alkyl carbamates (subject to hydrolysis) is 1. The number of anilines is 1. The Balaban J connectivity index is 2.05. The molecule has 0 unspecified atom stereocenters. The molecule has 1 aliphatic rings. The van der Waals surface area contributed by atoms with Crippen LogP contribution >= 0.6 is 15.9 Å². The van der Waals surface area contributed by atoms with Crippen molar-refractivity contribution < 1.29 is 22.7 Å². The third kappa shape index (κ3) is 5.76. The van der Waals surface area contributed by atoms with Gasteiger partial charge in [-0.15, -0.1) is 0 Å². The molecule has 0 bridgehead atoms. The monoisotopic (exact) mass is 423 g/mol. The standard InChI is InChI=1S/C16H21BrF3N3O2/c1-15(2,3)25-14(24)22-11-5-4-6-23(9-11)13-12(17)7-10(8-21-13)16(18,19)20/h7-8,11H,4-6,9H2,1-3H3,(H,22,24)/t11-/m1/s1. The molecule has 0 aliphatic carbocycles. The number of pyridine rings is 1. The molecule has 0 radical (unpaired) electrons. The summed E-state index contributed by atoms with van der Waals surface area (Å²) in [5, 5.41) is 2.80. The number of nitrogens with zero attached hydrogens (tertiary/aromatic N) is 2. The van der Waals surface area contributed by atoms with Crippen molar-refractivity contribution in [3.05, 3.63) is 22.3 Å².